The van der Waals surface area contributed by atoms with Crippen molar-refractivity contribution in [2.75, 3.05) is 0 Å². The molecule has 0 amide bonds. The van der Waals surface area contributed by atoms with Gasteiger partial charge in [-0.1, -0.05) is 44.5 Å². The number of phenols is 1. The molecular weight excluding hydrogens is 284 g/mol. The van der Waals surface area contributed by atoms with E-state index >= 15 is 0 Å². The predicted molar refractivity (Wildman–Crippen MR) is 86.9 cm³/mol. The molecule has 0 bridgehead atoms. The quantitative estimate of drug-likeness (QED) is 0.672. The molecule has 21 heavy (non-hydrogen) atoms. The molecule has 2 N–H and O–H groups in total. The summed E-state index contributed by atoms with van der Waals surface area (Å²) in [6.07, 6.45) is 0. The lowest BCUT2D eigenvalue weighted by Crippen LogP contribution is -2.11. The third-order valence-electron chi connectivity index (χ3n) is 3.57. The van der Waals surface area contributed by atoms with Gasteiger partial charge in [0.1, 0.15) is 11.6 Å². The Morgan fingerprint density at radius 1 is 1.14 bits per heavy atom. The minimum atomic E-state index is -0.0574. The number of fused-ring (bicyclic) bond motifs is 1. The average Bonchev–Trinajstić information content (AvgIpc) is 2.84. The molecule has 108 valence electrons. The zero-order valence-corrected chi connectivity index (χ0v) is 13.0. The van der Waals surface area contributed by atoms with Crippen LogP contribution in [0.2, 0.25) is 5.02 Å². The third-order valence-corrected chi connectivity index (χ3v) is 3.86. The summed E-state index contributed by atoms with van der Waals surface area (Å²) in [5.74, 6) is 0.686. The summed E-state index contributed by atoms with van der Waals surface area (Å²) in [4.78, 5) is 7.76. The van der Waals surface area contributed by atoms with Crippen molar-refractivity contribution in [2.24, 2.45) is 0 Å². The van der Waals surface area contributed by atoms with Crippen LogP contribution in [0.4, 0.5) is 0 Å². The van der Waals surface area contributed by atoms with E-state index in [1.807, 2.05) is 36.4 Å². The molecule has 1 aromatic heterocycles. The Labute approximate surface area is 128 Å². The second-order valence-electron chi connectivity index (χ2n) is 6.21. The molecule has 0 aliphatic rings. The smallest absolute Gasteiger partial charge is 0.145 e. The van der Waals surface area contributed by atoms with E-state index in [2.05, 4.69) is 30.7 Å². The Kier molecular flexibility index (Phi) is 3.18. The van der Waals surface area contributed by atoms with Crippen LogP contribution in [0, 0.1) is 0 Å². The fourth-order valence-corrected chi connectivity index (χ4v) is 2.51. The molecule has 0 spiro atoms. The zero-order chi connectivity index (χ0) is 15.2. The molecule has 3 rings (SSSR count). The lowest BCUT2D eigenvalue weighted by Gasteiger charge is -2.20. The number of hydrogen-bond acceptors (Lipinski definition) is 2. The summed E-state index contributed by atoms with van der Waals surface area (Å²) in [7, 11) is 0. The Balaban J connectivity index is 2.23. The highest BCUT2D eigenvalue weighted by atomic mass is 35.5. The van der Waals surface area contributed by atoms with Crippen molar-refractivity contribution in [2.45, 2.75) is 26.2 Å². The van der Waals surface area contributed by atoms with Gasteiger partial charge in [0.05, 0.1) is 21.6 Å². The van der Waals surface area contributed by atoms with Crippen LogP contribution >= 0.6 is 11.6 Å². The minimum Gasteiger partial charge on any atom is -0.506 e. The molecule has 0 fully saturated rings. The summed E-state index contributed by atoms with van der Waals surface area (Å²) in [5.41, 5.74) is 3.43. The summed E-state index contributed by atoms with van der Waals surface area (Å²) >= 11 is 6.18. The van der Waals surface area contributed by atoms with E-state index in [9.17, 15) is 5.11 Å². The van der Waals surface area contributed by atoms with Crippen molar-refractivity contribution in [1.29, 1.82) is 0 Å². The fraction of sp³-hybridized carbons (Fsp3) is 0.235. The maximum atomic E-state index is 10.3. The van der Waals surface area contributed by atoms with Crippen LogP contribution in [-0.4, -0.2) is 15.1 Å². The maximum Gasteiger partial charge on any atom is 0.145 e. The molecule has 0 aliphatic heterocycles. The van der Waals surface area contributed by atoms with Crippen molar-refractivity contribution >= 4 is 22.6 Å². The van der Waals surface area contributed by atoms with Gasteiger partial charge in [-0.2, -0.15) is 0 Å². The van der Waals surface area contributed by atoms with Gasteiger partial charge in [0.25, 0.3) is 0 Å². The predicted octanol–water partition coefficient (Wildman–Crippen LogP) is 4.89. The molecule has 3 aromatic rings. The molecule has 1 heterocycles. The van der Waals surface area contributed by atoms with Crippen molar-refractivity contribution in [3.63, 3.8) is 0 Å². The Morgan fingerprint density at radius 3 is 2.52 bits per heavy atom. The third kappa shape index (κ3) is 2.49. The lowest BCUT2D eigenvalue weighted by molar-refractivity contribution is 0.476. The first-order chi connectivity index (χ1) is 9.86. The van der Waals surface area contributed by atoms with Crippen LogP contribution in [0.25, 0.3) is 22.4 Å². The molecule has 0 radical (unpaired) electrons. The van der Waals surface area contributed by atoms with Gasteiger partial charge in [-0.15, -0.1) is 0 Å². The molecule has 0 atom stereocenters. The van der Waals surface area contributed by atoms with Crippen molar-refractivity contribution < 1.29 is 5.11 Å². The van der Waals surface area contributed by atoms with Gasteiger partial charge >= 0.3 is 0 Å². The maximum absolute atomic E-state index is 10.3. The van der Waals surface area contributed by atoms with Crippen molar-refractivity contribution in [3.05, 3.63) is 47.0 Å². The molecule has 0 aliphatic carbocycles. The number of hydrogen-bond donors (Lipinski definition) is 2. The second-order valence-corrected chi connectivity index (χ2v) is 6.61. The van der Waals surface area contributed by atoms with Gasteiger partial charge in [-0.25, -0.2) is 4.98 Å². The summed E-state index contributed by atoms with van der Waals surface area (Å²) in [6.45, 7) is 6.33. The van der Waals surface area contributed by atoms with Gasteiger partial charge in [0.2, 0.25) is 0 Å². The van der Waals surface area contributed by atoms with E-state index in [-0.39, 0.29) is 11.2 Å². The van der Waals surface area contributed by atoms with Crippen LogP contribution in [0.15, 0.2) is 36.4 Å². The first-order valence-corrected chi connectivity index (χ1v) is 7.22. The van der Waals surface area contributed by atoms with Gasteiger partial charge < -0.3 is 10.1 Å². The monoisotopic (exact) mass is 300 g/mol. The topological polar surface area (TPSA) is 48.9 Å². The number of nitrogens with zero attached hydrogens (tertiary/aromatic N) is 1. The molecular formula is C17H17ClN2O. The van der Waals surface area contributed by atoms with Crippen LogP contribution in [0.1, 0.15) is 26.3 Å². The first kappa shape index (κ1) is 14.0. The number of nitrogens with one attached hydrogen (secondary N) is 1. The van der Waals surface area contributed by atoms with Gasteiger partial charge in [-0.05, 0) is 35.2 Å². The van der Waals surface area contributed by atoms with Crippen LogP contribution in [0.5, 0.6) is 5.75 Å². The number of benzene rings is 2. The lowest BCUT2D eigenvalue weighted by atomic mass is 9.86. The van der Waals surface area contributed by atoms with Crippen LogP contribution < -0.4 is 0 Å². The Morgan fingerprint density at radius 2 is 1.86 bits per heavy atom. The molecule has 0 unspecified atom stereocenters. The van der Waals surface area contributed by atoms with Crippen LogP contribution in [0.3, 0.4) is 0 Å². The zero-order valence-electron chi connectivity index (χ0n) is 12.2. The molecule has 4 heteroatoms. The number of para-hydroxylation sites is 2. The molecule has 3 nitrogen and oxygen atoms in total. The van der Waals surface area contributed by atoms with Gasteiger partial charge in [-0.3, -0.25) is 0 Å². The number of halogens is 1. The largest absolute Gasteiger partial charge is 0.506 e. The van der Waals surface area contributed by atoms with Gasteiger partial charge in [0, 0.05) is 0 Å². The molecule has 2 aromatic carbocycles. The second kappa shape index (κ2) is 4.78. The van der Waals surface area contributed by atoms with Crippen molar-refractivity contribution in [1.82, 2.24) is 9.97 Å². The van der Waals surface area contributed by atoms with Crippen molar-refractivity contribution in [3.8, 4) is 17.1 Å². The molecule has 0 saturated carbocycles. The average molecular weight is 301 g/mol. The first-order valence-electron chi connectivity index (χ1n) is 6.84. The van der Waals surface area contributed by atoms with Crippen LogP contribution in [-0.2, 0) is 5.41 Å². The normalized spacial score (nSPS) is 12.0. The summed E-state index contributed by atoms with van der Waals surface area (Å²) < 4.78 is 0. The summed E-state index contributed by atoms with van der Waals surface area (Å²) in [6, 6.07) is 11.5. The van der Waals surface area contributed by atoms with E-state index in [0.717, 1.165) is 16.6 Å². The number of imidazole rings is 1. The van der Waals surface area contributed by atoms with E-state index in [4.69, 9.17) is 11.6 Å². The number of rotatable bonds is 1. The highest BCUT2D eigenvalue weighted by Crippen LogP contribution is 2.39. The van der Waals surface area contributed by atoms with E-state index < -0.39 is 0 Å². The molecule has 0 saturated heterocycles. The number of aromatic nitrogens is 2. The standard InChI is InChI=1S/C17H17ClN2O/c1-17(2,3)10-8-11(15(21)12(18)9-10)16-19-13-6-4-5-7-14(13)20-16/h4-9,21H,1-3H3,(H,19,20). The van der Waals surface area contributed by atoms with Gasteiger partial charge in [0.15, 0.2) is 0 Å². The highest BCUT2D eigenvalue weighted by Gasteiger charge is 2.20. The van der Waals surface area contributed by atoms with E-state index in [1.54, 1.807) is 0 Å². The van der Waals surface area contributed by atoms with E-state index in [1.165, 1.54) is 0 Å². The number of H-pyrrole nitrogens is 1. The number of phenolic OH excluding ortho intramolecular Hbond substituents is 1. The Bertz CT molecular complexity index is 782. The summed E-state index contributed by atoms with van der Waals surface area (Å²) in [5, 5.41) is 10.6. The minimum absolute atomic E-state index is 0.0574. The van der Waals surface area contributed by atoms with E-state index in [0.29, 0.717) is 16.4 Å². The SMILES string of the molecule is CC(C)(C)c1cc(Cl)c(O)c(-c2nc3ccccc3[nH]2)c1. The Hall–Kier alpha value is -2.00. The number of aromatic hydroxyl groups is 1. The highest BCUT2D eigenvalue weighted by molar-refractivity contribution is 6.32. The number of aromatic amines is 1. The fourth-order valence-electron chi connectivity index (χ4n) is 2.29.